The molecule has 0 bridgehead atoms. The fourth-order valence-corrected chi connectivity index (χ4v) is 3.55. The van der Waals surface area contributed by atoms with E-state index in [1.165, 1.54) is 12.1 Å². The zero-order chi connectivity index (χ0) is 22.7. The van der Waals surface area contributed by atoms with Crippen LogP contribution in [0.25, 0.3) is 0 Å². The van der Waals surface area contributed by atoms with E-state index in [9.17, 15) is 18.0 Å². The fourth-order valence-electron chi connectivity index (χ4n) is 3.55. The standard InChI is InChI=1S/C23H22F3N5O/c1-15-27-20(14-21(28-15)31-11-2-3-12-31)29-18-7-9-19(10-8-18)30-22(32)16-5-4-6-17(13-16)23(24,25)26/h4-10,13-14H,2-3,11-12H2,1H3,(H,30,32)(H,27,28,29). The lowest BCUT2D eigenvalue weighted by molar-refractivity contribution is -0.137. The van der Waals surface area contributed by atoms with Crippen LogP contribution in [0.15, 0.2) is 54.6 Å². The van der Waals surface area contributed by atoms with Gasteiger partial charge in [0.2, 0.25) is 0 Å². The van der Waals surface area contributed by atoms with E-state index in [1.54, 1.807) is 24.3 Å². The number of nitrogens with zero attached hydrogens (tertiary/aromatic N) is 3. The van der Waals surface area contributed by atoms with Gasteiger partial charge < -0.3 is 15.5 Å². The number of aryl methyl sites for hydroxylation is 1. The molecule has 6 nitrogen and oxygen atoms in total. The number of rotatable bonds is 5. The number of amides is 1. The van der Waals surface area contributed by atoms with E-state index in [2.05, 4.69) is 25.5 Å². The molecule has 32 heavy (non-hydrogen) atoms. The topological polar surface area (TPSA) is 70.2 Å². The quantitative estimate of drug-likeness (QED) is 0.555. The normalized spacial score (nSPS) is 13.8. The van der Waals surface area contributed by atoms with Crippen molar-refractivity contribution in [2.24, 2.45) is 0 Å². The Hall–Kier alpha value is -3.62. The van der Waals surface area contributed by atoms with E-state index < -0.39 is 17.6 Å². The highest BCUT2D eigenvalue weighted by Gasteiger charge is 2.30. The largest absolute Gasteiger partial charge is 0.416 e. The fraction of sp³-hybridized carbons (Fsp3) is 0.261. The molecule has 0 saturated carbocycles. The van der Waals surface area contributed by atoms with Crippen molar-refractivity contribution in [2.45, 2.75) is 25.9 Å². The third kappa shape index (κ3) is 5.16. The minimum Gasteiger partial charge on any atom is -0.356 e. The molecule has 0 radical (unpaired) electrons. The number of carbonyl (C=O) groups excluding carboxylic acids is 1. The Balaban J connectivity index is 1.43. The van der Waals surface area contributed by atoms with Gasteiger partial charge in [0, 0.05) is 36.1 Å². The summed E-state index contributed by atoms with van der Waals surface area (Å²) in [5.74, 6) is 1.61. The molecule has 1 aromatic heterocycles. The predicted octanol–water partition coefficient (Wildman–Crippen LogP) is 5.40. The number of carbonyl (C=O) groups is 1. The lowest BCUT2D eigenvalue weighted by Crippen LogP contribution is -2.19. The van der Waals surface area contributed by atoms with Gasteiger partial charge in [0.25, 0.3) is 5.91 Å². The molecule has 2 heterocycles. The number of benzene rings is 2. The van der Waals surface area contributed by atoms with Gasteiger partial charge in [-0.05, 0) is 62.2 Å². The van der Waals surface area contributed by atoms with Crippen molar-refractivity contribution < 1.29 is 18.0 Å². The first-order valence-electron chi connectivity index (χ1n) is 10.2. The molecular formula is C23H22F3N5O. The molecule has 1 aliphatic heterocycles. The van der Waals surface area contributed by atoms with Crippen molar-refractivity contribution in [1.29, 1.82) is 0 Å². The van der Waals surface area contributed by atoms with Gasteiger partial charge in [0.05, 0.1) is 5.56 Å². The molecule has 2 N–H and O–H groups in total. The minimum atomic E-state index is -4.50. The van der Waals surface area contributed by atoms with Crippen molar-refractivity contribution in [1.82, 2.24) is 9.97 Å². The van der Waals surface area contributed by atoms with Crippen LogP contribution in [0.3, 0.4) is 0 Å². The van der Waals surface area contributed by atoms with E-state index in [0.717, 1.165) is 49.6 Å². The van der Waals surface area contributed by atoms with Crippen molar-refractivity contribution in [3.05, 3.63) is 71.5 Å². The molecule has 4 rings (SSSR count). The summed E-state index contributed by atoms with van der Waals surface area (Å²) in [6.45, 7) is 3.81. The molecular weight excluding hydrogens is 419 g/mol. The Morgan fingerprint density at radius 1 is 0.969 bits per heavy atom. The molecule has 1 amide bonds. The van der Waals surface area contributed by atoms with Crippen LogP contribution in [0.5, 0.6) is 0 Å². The highest BCUT2D eigenvalue weighted by Crippen LogP contribution is 2.30. The second kappa shape index (κ2) is 8.86. The number of hydrogen-bond acceptors (Lipinski definition) is 5. The maximum absolute atomic E-state index is 12.9. The third-order valence-electron chi connectivity index (χ3n) is 5.12. The summed E-state index contributed by atoms with van der Waals surface area (Å²) in [4.78, 5) is 23.5. The number of alkyl halides is 3. The maximum Gasteiger partial charge on any atom is 0.416 e. The van der Waals surface area contributed by atoms with E-state index in [1.807, 2.05) is 13.0 Å². The van der Waals surface area contributed by atoms with E-state index in [-0.39, 0.29) is 5.56 Å². The van der Waals surface area contributed by atoms with Gasteiger partial charge in [-0.25, -0.2) is 9.97 Å². The van der Waals surface area contributed by atoms with Crippen LogP contribution < -0.4 is 15.5 Å². The Morgan fingerprint density at radius 2 is 1.66 bits per heavy atom. The van der Waals surface area contributed by atoms with Crippen LogP contribution in [-0.4, -0.2) is 29.0 Å². The molecule has 0 spiro atoms. The first kappa shape index (κ1) is 21.6. The van der Waals surface area contributed by atoms with Crippen LogP contribution in [0.4, 0.5) is 36.2 Å². The number of nitrogens with one attached hydrogen (secondary N) is 2. The van der Waals surface area contributed by atoms with Gasteiger partial charge in [0.1, 0.15) is 17.5 Å². The zero-order valence-corrected chi connectivity index (χ0v) is 17.4. The van der Waals surface area contributed by atoms with Gasteiger partial charge in [-0.3, -0.25) is 4.79 Å². The Bertz CT molecular complexity index is 1110. The molecule has 3 aromatic rings. The highest BCUT2D eigenvalue weighted by atomic mass is 19.4. The average Bonchev–Trinajstić information content (AvgIpc) is 3.29. The van der Waals surface area contributed by atoms with Gasteiger partial charge >= 0.3 is 6.18 Å². The van der Waals surface area contributed by atoms with Crippen molar-refractivity contribution in [2.75, 3.05) is 28.6 Å². The summed E-state index contributed by atoms with van der Waals surface area (Å²) in [6, 6.07) is 13.1. The van der Waals surface area contributed by atoms with Crippen LogP contribution in [0, 0.1) is 6.92 Å². The van der Waals surface area contributed by atoms with Crippen LogP contribution in [-0.2, 0) is 6.18 Å². The van der Waals surface area contributed by atoms with E-state index >= 15 is 0 Å². The maximum atomic E-state index is 12.9. The number of hydrogen-bond donors (Lipinski definition) is 2. The first-order chi connectivity index (χ1) is 15.3. The molecule has 0 aliphatic carbocycles. The number of anilines is 4. The van der Waals surface area contributed by atoms with Crippen LogP contribution in [0.1, 0.15) is 34.6 Å². The van der Waals surface area contributed by atoms with E-state index in [4.69, 9.17) is 0 Å². The summed E-state index contributed by atoms with van der Waals surface area (Å²) in [5, 5.41) is 5.85. The summed E-state index contributed by atoms with van der Waals surface area (Å²) in [5.41, 5.74) is 0.299. The monoisotopic (exact) mass is 441 g/mol. The second-order valence-electron chi connectivity index (χ2n) is 7.59. The van der Waals surface area contributed by atoms with E-state index in [0.29, 0.717) is 17.3 Å². The molecule has 9 heteroatoms. The third-order valence-corrected chi connectivity index (χ3v) is 5.12. The lowest BCUT2D eigenvalue weighted by atomic mass is 10.1. The number of halogens is 3. The second-order valence-corrected chi connectivity index (χ2v) is 7.59. The van der Waals surface area contributed by atoms with Crippen LogP contribution in [0.2, 0.25) is 0 Å². The van der Waals surface area contributed by atoms with Crippen molar-refractivity contribution >= 4 is 28.9 Å². The average molecular weight is 441 g/mol. The van der Waals surface area contributed by atoms with Crippen molar-refractivity contribution in [3.8, 4) is 0 Å². The summed E-state index contributed by atoms with van der Waals surface area (Å²) in [7, 11) is 0. The summed E-state index contributed by atoms with van der Waals surface area (Å²) >= 11 is 0. The first-order valence-corrected chi connectivity index (χ1v) is 10.2. The van der Waals surface area contributed by atoms with Gasteiger partial charge in [-0.1, -0.05) is 6.07 Å². The Labute approximate surface area is 183 Å². The highest BCUT2D eigenvalue weighted by molar-refractivity contribution is 6.04. The van der Waals surface area contributed by atoms with Gasteiger partial charge in [-0.2, -0.15) is 13.2 Å². The van der Waals surface area contributed by atoms with Gasteiger partial charge in [0.15, 0.2) is 0 Å². The van der Waals surface area contributed by atoms with Gasteiger partial charge in [-0.15, -0.1) is 0 Å². The summed E-state index contributed by atoms with van der Waals surface area (Å²) < 4.78 is 38.6. The molecule has 2 aromatic carbocycles. The smallest absolute Gasteiger partial charge is 0.356 e. The molecule has 0 unspecified atom stereocenters. The summed E-state index contributed by atoms with van der Waals surface area (Å²) in [6.07, 6.45) is -2.20. The molecule has 0 atom stereocenters. The number of aromatic nitrogens is 2. The lowest BCUT2D eigenvalue weighted by Gasteiger charge is -2.18. The Morgan fingerprint density at radius 3 is 2.34 bits per heavy atom. The molecule has 1 aliphatic rings. The minimum absolute atomic E-state index is 0.0621. The van der Waals surface area contributed by atoms with Crippen molar-refractivity contribution in [3.63, 3.8) is 0 Å². The molecule has 1 fully saturated rings. The van der Waals surface area contributed by atoms with Crippen LogP contribution >= 0.6 is 0 Å². The molecule has 1 saturated heterocycles. The molecule has 166 valence electrons. The zero-order valence-electron chi connectivity index (χ0n) is 17.4. The predicted molar refractivity (Wildman–Crippen MR) is 117 cm³/mol. The Kier molecular flexibility index (Phi) is 5.98. The SMILES string of the molecule is Cc1nc(Nc2ccc(NC(=O)c3cccc(C(F)(F)F)c3)cc2)cc(N2CCCC2)n1.